The van der Waals surface area contributed by atoms with Crippen molar-refractivity contribution in [2.45, 2.75) is 32.4 Å². The van der Waals surface area contributed by atoms with Crippen LogP contribution in [0.2, 0.25) is 0 Å². The summed E-state index contributed by atoms with van der Waals surface area (Å²) in [4.78, 5) is 4.23. The van der Waals surface area contributed by atoms with Crippen molar-refractivity contribution in [1.82, 2.24) is 10.3 Å². The summed E-state index contributed by atoms with van der Waals surface area (Å²) in [5.74, 6) is 1.24. The van der Waals surface area contributed by atoms with Gasteiger partial charge in [0.15, 0.2) is 0 Å². The minimum atomic E-state index is -0.118. The lowest BCUT2D eigenvalue weighted by Gasteiger charge is -2.05. The van der Waals surface area contributed by atoms with Crippen LogP contribution in [0.1, 0.15) is 36.2 Å². The van der Waals surface area contributed by atoms with Crippen LogP contribution < -0.4 is 5.32 Å². The van der Waals surface area contributed by atoms with Crippen molar-refractivity contribution in [2.75, 3.05) is 6.54 Å². The number of aliphatic hydroxyl groups excluding tert-OH is 1. The van der Waals surface area contributed by atoms with Gasteiger partial charge in [0.25, 0.3) is 0 Å². The molecule has 2 rings (SSSR count). The Hall–Kier alpha value is -0.870. The highest BCUT2D eigenvalue weighted by molar-refractivity contribution is 5.14. The molecule has 1 unspecified atom stereocenters. The third-order valence-electron chi connectivity index (χ3n) is 2.40. The number of oxazole rings is 1. The molecular formula is C9H14N2O2. The summed E-state index contributed by atoms with van der Waals surface area (Å²) in [5.41, 5.74) is 0.960. The maximum atomic E-state index is 8.84. The highest BCUT2D eigenvalue weighted by Gasteiger charge is 2.22. The molecule has 1 saturated heterocycles. The third kappa shape index (κ3) is 1.59. The first kappa shape index (κ1) is 8.72. The fourth-order valence-corrected chi connectivity index (χ4v) is 1.77. The zero-order valence-electron chi connectivity index (χ0n) is 7.71. The van der Waals surface area contributed by atoms with Gasteiger partial charge in [-0.1, -0.05) is 0 Å². The van der Waals surface area contributed by atoms with Crippen molar-refractivity contribution < 1.29 is 9.52 Å². The van der Waals surface area contributed by atoms with E-state index in [4.69, 9.17) is 9.52 Å². The predicted molar refractivity (Wildman–Crippen MR) is 47.1 cm³/mol. The van der Waals surface area contributed by atoms with Gasteiger partial charge in [-0.05, 0) is 26.3 Å². The molecule has 0 aliphatic carbocycles. The Kier molecular flexibility index (Phi) is 2.33. The molecule has 1 aliphatic rings. The fraction of sp³-hybridized carbons (Fsp3) is 0.667. The number of aryl methyl sites for hydroxylation is 1. The average molecular weight is 182 g/mol. The Labute approximate surface area is 77.0 Å². The molecular weight excluding hydrogens is 168 g/mol. The highest BCUT2D eigenvalue weighted by atomic mass is 16.4. The molecule has 0 spiro atoms. The molecule has 1 aromatic heterocycles. The van der Waals surface area contributed by atoms with Gasteiger partial charge in [-0.15, -0.1) is 0 Å². The molecule has 2 N–H and O–H groups in total. The number of aromatic nitrogens is 1. The average Bonchev–Trinajstić information content (AvgIpc) is 2.72. The molecule has 0 radical (unpaired) electrons. The van der Waals surface area contributed by atoms with Gasteiger partial charge < -0.3 is 14.8 Å². The maximum Gasteiger partial charge on any atom is 0.220 e. The Morgan fingerprint density at radius 1 is 1.69 bits per heavy atom. The fourth-order valence-electron chi connectivity index (χ4n) is 1.77. The van der Waals surface area contributed by atoms with E-state index in [2.05, 4.69) is 10.3 Å². The van der Waals surface area contributed by atoms with Gasteiger partial charge in [0, 0.05) is 0 Å². The van der Waals surface area contributed by atoms with Crippen LogP contribution in [-0.2, 0) is 6.61 Å². The van der Waals surface area contributed by atoms with E-state index in [0.29, 0.717) is 11.9 Å². The topological polar surface area (TPSA) is 58.3 Å². The standard InChI is InChI=1S/C9H14N2O2/c1-6-9(7-3-2-4-10-7)11-8(5-12)13-6/h7,10,12H,2-5H2,1H3. The molecule has 72 valence electrons. The van der Waals surface area contributed by atoms with Crippen molar-refractivity contribution in [3.05, 3.63) is 17.3 Å². The van der Waals surface area contributed by atoms with E-state index in [1.165, 1.54) is 6.42 Å². The lowest BCUT2D eigenvalue weighted by Crippen LogP contribution is -2.14. The maximum absolute atomic E-state index is 8.84. The Morgan fingerprint density at radius 3 is 3.08 bits per heavy atom. The first-order valence-electron chi connectivity index (χ1n) is 4.61. The lowest BCUT2D eigenvalue weighted by molar-refractivity contribution is 0.238. The van der Waals surface area contributed by atoms with E-state index >= 15 is 0 Å². The van der Waals surface area contributed by atoms with Crippen molar-refractivity contribution in [2.24, 2.45) is 0 Å². The summed E-state index contributed by atoms with van der Waals surface area (Å²) in [6.07, 6.45) is 2.30. The number of hydrogen-bond acceptors (Lipinski definition) is 4. The molecule has 1 fully saturated rings. The predicted octanol–water partition coefficient (Wildman–Crippen LogP) is 0.900. The summed E-state index contributed by atoms with van der Waals surface area (Å²) in [6.45, 7) is 2.82. The van der Waals surface area contributed by atoms with Crippen LogP contribution in [0.4, 0.5) is 0 Å². The van der Waals surface area contributed by atoms with Gasteiger partial charge in [-0.2, -0.15) is 0 Å². The lowest BCUT2D eigenvalue weighted by atomic mass is 10.1. The van der Waals surface area contributed by atoms with Gasteiger partial charge in [-0.3, -0.25) is 0 Å². The van der Waals surface area contributed by atoms with Gasteiger partial charge in [0.2, 0.25) is 5.89 Å². The molecule has 1 aromatic rings. The quantitative estimate of drug-likeness (QED) is 0.713. The molecule has 1 atom stereocenters. The highest BCUT2D eigenvalue weighted by Crippen LogP contribution is 2.25. The summed E-state index contributed by atoms with van der Waals surface area (Å²) in [7, 11) is 0. The molecule has 2 heterocycles. The van der Waals surface area contributed by atoms with Gasteiger partial charge in [-0.25, -0.2) is 4.98 Å². The zero-order chi connectivity index (χ0) is 9.26. The minimum Gasteiger partial charge on any atom is -0.443 e. The first-order chi connectivity index (χ1) is 6.31. The van der Waals surface area contributed by atoms with Crippen molar-refractivity contribution >= 4 is 0 Å². The number of nitrogens with one attached hydrogen (secondary N) is 1. The third-order valence-corrected chi connectivity index (χ3v) is 2.40. The van der Waals surface area contributed by atoms with Gasteiger partial charge in [0.05, 0.1) is 11.7 Å². The SMILES string of the molecule is Cc1oc(CO)nc1C1CCCN1. The number of nitrogens with zero attached hydrogens (tertiary/aromatic N) is 1. The second-order valence-electron chi connectivity index (χ2n) is 3.36. The molecule has 0 saturated carbocycles. The van der Waals surface area contributed by atoms with Crippen molar-refractivity contribution in [1.29, 1.82) is 0 Å². The van der Waals surface area contributed by atoms with Crippen LogP contribution in [0.3, 0.4) is 0 Å². The molecule has 0 bridgehead atoms. The molecule has 0 aromatic carbocycles. The summed E-state index contributed by atoms with van der Waals surface area (Å²) >= 11 is 0. The van der Waals surface area contributed by atoms with E-state index in [1.54, 1.807) is 0 Å². The second-order valence-corrected chi connectivity index (χ2v) is 3.36. The van der Waals surface area contributed by atoms with Crippen LogP contribution in [0, 0.1) is 6.92 Å². The van der Waals surface area contributed by atoms with E-state index in [0.717, 1.165) is 24.4 Å². The number of rotatable bonds is 2. The summed E-state index contributed by atoms with van der Waals surface area (Å²) < 4.78 is 5.28. The van der Waals surface area contributed by atoms with Crippen molar-refractivity contribution in [3.8, 4) is 0 Å². The van der Waals surface area contributed by atoms with Gasteiger partial charge >= 0.3 is 0 Å². The Morgan fingerprint density at radius 2 is 2.54 bits per heavy atom. The van der Waals surface area contributed by atoms with Crippen LogP contribution >= 0.6 is 0 Å². The largest absolute Gasteiger partial charge is 0.443 e. The van der Waals surface area contributed by atoms with E-state index in [-0.39, 0.29) is 6.61 Å². The number of aliphatic hydroxyl groups is 1. The van der Waals surface area contributed by atoms with Crippen LogP contribution in [0.25, 0.3) is 0 Å². The van der Waals surface area contributed by atoms with E-state index in [1.807, 2.05) is 6.92 Å². The second kappa shape index (κ2) is 3.47. The number of hydrogen-bond donors (Lipinski definition) is 2. The smallest absolute Gasteiger partial charge is 0.220 e. The Bertz CT molecular complexity index is 290. The van der Waals surface area contributed by atoms with Crippen molar-refractivity contribution in [3.63, 3.8) is 0 Å². The monoisotopic (exact) mass is 182 g/mol. The Balaban J connectivity index is 2.22. The van der Waals surface area contributed by atoms with E-state index in [9.17, 15) is 0 Å². The molecule has 4 heteroatoms. The minimum absolute atomic E-state index is 0.118. The zero-order valence-corrected chi connectivity index (χ0v) is 7.71. The molecule has 4 nitrogen and oxygen atoms in total. The summed E-state index contributed by atoms with van der Waals surface area (Å²) in [6, 6.07) is 0.323. The van der Waals surface area contributed by atoms with Crippen LogP contribution in [-0.4, -0.2) is 16.6 Å². The molecule has 1 aliphatic heterocycles. The molecule has 0 amide bonds. The first-order valence-corrected chi connectivity index (χ1v) is 4.61. The van der Waals surface area contributed by atoms with Crippen LogP contribution in [0.5, 0.6) is 0 Å². The normalized spacial score (nSPS) is 22.5. The van der Waals surface area contributed by atoms with Crippen LogP contribution in [0.15, 0.2) is 4.42 Å². The van der Waals surface area contributed by atoms with Gasteiger partial charge in [0.1, 0.15) is 12.4 Å². The van der Waals surface area contributed by atoms with E-state index < -0.39 is 0 Å². The summed E-state index contributed by atoms with van der Waals surface area (Å²) in [5, 5.41) is 12.2. The molecule has 13 heavy (non-hydrogen) atoms.